The van der Waals surface area contributed by atoms with Crippen molar-refractivity contribution in [3.63, 3.8) is 0 Å². The van der Waals surface area contributed by atoms with Crippen molar-refractivity contribution in [1.29, 1.82) is 0 Å². The number of carbonyl (C=O) groups is 2. The van der Waals surface area contributed by atoms with Gasteiger partial charge in [-0.15, -0.1) is 0 Å². The Bertz CT molecular complexity index is 272. The molecule has 0 atom stereocenters. The van der Waals surface area contributed by atoms with Crippen molar-refractivity contribution in [3.8, 4) is 0 Å². The second-order valence-electron chi connectivity index (χ2n) is 2.85. The number of hydrogen-bond donors (Lipinski definition) is 0. The van der Waals surface area contributed by atoms with Crippen molar-refractivity contribution in [2.75, 3.05) is 0 Å². The molecular formula is C9H9BrO2. The summed E-state index contributed by atoms with van der Waals surface area (Å²) >= 11 is 3.10. The van der Waals surface area contributed by atoms with Gasteiger partial charge in [0.1, 0.15) is 0 Å². The van der Waals surface area contributed by atoms with E-state index in [0.29, 0.717) is 21.2 Å². The predicted molar refractivity (Wildman–Crippen MR) is 50.0 cm³/mol. The molecule has 0 bridgehead atoms. The smallest absolute Gasteiger partial charge is 0.196 e. The van der Waals surface area contributed by atoms with Gasteiger partial charge < -0.3 is 0 Å². The maximum atomic E-state index is 11.4. The van der Waals surface area contributed by atoms with E-state index in [4.69, 9.17) is 0 Å². The van der Waals surface area contributed by atoms with Crippen LogP contribution in [0.2, 0.25) is 0 Å². The normalized spacial score (nSPS) is 19.3. The number of rotatable bonds is 0. The maximum absolute atomic E-state index is 11.4. The van der Waals surface area contributed by atoms with E-state index in [9.17, 15) is 9.59 Å². The molecule has 1 aliphatic carbocycles. The van der Waals surface area contributed by atoms with Crippen LogP contribution >= 0.6 is 15.9 Å². The summed E-state index contributed by atoms with van der Waals surface area (Å²) in [7, 11) is 0. The topological polar surface area (TPSA) is 34.1 Å². The third-order valence-corrected chi connectivity index (χ3v) is 3.07. The van der Waals surface area contributed by atoms with Crippen LogP contribution in [-0.2, 0) is 9.59 Å². The zero-order valence-electron chi connectivity index (χ0n) is 7.19. The summed E-state index contributed by atoms with van der Waals surface area (Å²) in [5, 5.41) is 0. The van der Waals surface area contributed by atoms with Gasteiger partial charge in [0.15, 0.2) is 11.6 Å². The first-order valence-electron chi connectivity index (χ1n) is 3.60. The first-order chi connectivity index (χ1) is 5.46. The highest BCUT2D eigenvalue weighted by molar-refractivity contribution is 9.12. The van der Waals surface area contributed by atoms with Gasteiger partial charge in [0.25, 0.3) is 0 Å². The Kier molecular flexibility index (Phi) is 2.33. The SMILES string of the molecule is CC1=C(C)C(=O)C(Br)=C(C)C1=O. The quantitative estimate of drug-likeness (QED) is 0.596. The molecule has 0 fully saturated rings. The third-order valence-electron chi connectivity index (χ3n) is 2.11. The standard InChI is InChI=1S/C9H9BrO2/c1-4-5(2)9(12)7(10)6(3)8(4)11/h1-3H3. The van der Waals surface area contributed by atoms with Crippen molar-refractivity contribution in [2.24, 2.45) is 0 Å². The van der Waals surface area contributed by atoms with Crippen molar-refractivity contribution in [3.05, 3.63) is 21.2 Å². The van der Waals surface area contributed by atoms with Gasteiger partial charge >= 0.3 is 0 Å². The van der Waals surface area contributed by atoms with Gasteiger partial charge in [0, 0.05) is 16.7 Å². The Balaban J connectivity index is 3.32. The van der Waals surface area contributed by atoms with Gasteiger partial charge in [0.05, 0.1) is 4.48 Å². The Labute approximate surface area is 79.5 Å². The number of halogens is 1. The van der Waals surface area contributed by atoms with Gasteiger partial charge in [-0.3, -0.25) is 9.59 Å². The molecule has 1 aliphatic rings. The van der Waals surface area contributed by atoms with Crippen LogP contribution in [0.1, 0.15) is 20.8 Å². The molecule has 0 spiro atoms. The van der Waals surface area contributed by atoms with E-state index in [0.717, 1.165) is 0 Å². The monoisotopic (exact) mass is 228 g/mol. The lowest BCUT2D eigenvalue weighted by Crippen LogP contribution is -2.17. The molecule has 3 heteroatoms. The second kappa shape index (κ2) is 2.98. The second-order valence-corrected chi connectivity index (χ2v) is 3.64. The van der Waals surface area contributed by atoms with Crippen LogP contribution in [0.5, 0.6) is 0 Å². The molecule has 2 nitrogen and oxygen atoms in total. The van der Waals surface area contributed by atoms with Crippen molar-refractivity contribution >= 4 is 27.5 Å². The molecule has 0 aromatic rings. The molecule has 64 valence electrons. The van der Waals surface area contributed by atoms with Gasteiger partial charge in [-0.25, -0.2) is 0 Å². The van der Waals surface area contributed by atoms with Gasteiger partial charge in [-0.05, 0) is 36.7 Å². The summed E-state index contributed by atoms with van der Waals surface area (Å²) in [6, 6.07) is 0. The molecule has 0 aromatic carbocycles. The summed E-state index contributed by atoms with van der Waals surface area (Å²) in [6.45, 7) is 5.00. The Morgan fingerprint density at radius 3 is 1.75 bits per heavy atom. The molecule has 0 amide bonds. The molecular weight excluding hydrogens is 220 g/mol. The molecule has 1 rings (SSSR count). The lowest BCUT2D eigenvalue weighted by atomic mass is 9.92. The lowest BCUT2D eigenvalue weighted by Gasteiger charge is -2.13. The number of allylic oxidation sites excluding steroid dienone is 4. The number of hydrogen-bond acceptors (Lipinski definition) is 2. The Morgan fingerprint density at radius 1 is 0.833 bits per heavy atom. The van der Waals surface area contributed by atoms with Crippen LogP contribution in [0.4, 0.5) is 0 Å². The molecule has 0 unspecified atom stereocenters. The molecule has 0 heterocycles. The van der Waals surface area contributed by atoms with Crippen LogP contribution in [0.3, 0.4) is 0 Å². The van der Waals surface area contributed by atoms with E-state index >= 15 is 0 Å². The fourth-order valence-corrected chi connectivity index (χ4v) is 1.53. The van der Waals surface area contributed by atoms with E-state index in [2.05, 4.69) is 15.9 Å². The predicted octanol–water partition coefficient (Wildman–Crippen LogP) is 2.14. The van der Waals surface area contributed by atoms with E-state index in [-0.39, 0.29) is 11.6 Å². The Hall–Kier alpha value is -0.700. The van der Waals surface area contributed by atoms with Crippen molar-refractivity contribution in [2.45, 2.75) is 20.8 Å². The van der Waals surface area contributed by atoms with Crippen molar-refractivity contribution in [1.82, 2.24) is 0 Å². The maximum Gasteiger partial charge on any atom is 0.196 e. The molecule has 0 aliphatic heterocycles. The van der Waals surface area contributed by atoms with Crippen molar-refractivity contribution < 1.29 is 9.59 Å². The summed E-state index contributed by atoms with van der Waals surface area (Å²) in [5.74, 6) is -0.122. The molecule has 0 saturated heterocycles. The number of ketones is 2. The van der Waals surface area contributed by atoms with Crippen LogP contribution < -0.4 is 0 Å². The summed E-state index contributed by atoms with van der Waals surface area (Å²) < 4.78 is 0.399. The molecule has 0 radical (unpaired) electrons. The highest BCUT2D eigenvalue weighted by atomic mass is 79.9. The molecule has 0 N–H and O–H groups in total. The minimum absolute atomic E-state index is 0.0426. The van der Waals surface area contributed by atoms with Crippen LogP contribution in [0, 0.1) is 0 Å². The van der Waals surface area contributed by atoms with Gasteiger partial charge in [-0.1, -0.05) is 0 Å². The number of carbonyl (C=O) groups excluding carboxylic acids is 2. The summed E-state index contributed by atoms with van der Waals surface area (Å²) in [6.07, 6.45) is 0. The zero-order chi connectivity index (χ0) is 9.46. The first-order valence-corrected chi connectivity index (χ1v) is 4.39. The van der Waals surface area contributed by atoms with Gasteiger partial charge in [0.2, 0.25) is 0 Å². The fourth-order valence-electron chi connectivity index (χ4n) is 1.06. The average Bonchev–Trinajstić information content (AvgIpc) is 2.08. The van der Waals surface area contributed by atoms with E-state index in [1.165, 1.54) is 0 Å². The fraction of sp³-hybridized carbons (Fsp3) is 0.333. The Morgan fingerprint density at radius 2 is 1.25 bits per heavy atom. The van der Waals surface area contributed by atoms with Crippen LogP contribution in [-0.4, -0.2) is 11.6 Å². The highest BCUT2D eigenvalue weighted by Crippen LogP contribution is 2.27. The molecule has 0 aromatic heterocycles. The average molecular weight is 229 g/mol. The minimum Gasteiger partial charge on any atom is -0.289 e. The highest BCUT2D eigenvalue weighted by Gasteiger charge is 2.25. The first kappa shape index (κ1) is 9.39. The van der Waals surface area contributed by atoms with E-state index in [1.54, 1.807) is 20.8 Å². The molecule has 12 heavy (non-hydrogen) atoms. The van der Waals surface area contributed by atoms with E-state index in [1.807, 2.05) is 0 Å². The zero-order valence-corrected chi connectivity index (χ0v) is 8.78. The van der Waals surface area contributed by atoms with Gasteiger partial charge in [-0.2, -0.15) is 0 Å². The van der Waals surface area contributed by atoms with E-state index < -0.39 is 0 Å². The van der Waals surface area contributed by atoms with Crippen LogP contribution in [0.15, 0.2) is 21.2 Å². The largest absolute Gasteiger partial charge is 0.289 e. The lowest BCUT2D eigenvalue weighted by molar-refractivity contribution is -0.115. The number of Topliss-reactive ketones (excluding diaryl/α,β-unsaturated/α-hetero) is 2. The third kappa shape index (κ3) is 1.18. The van der Waals surface area contributed by atoms with Crippen LogP contribution in [0.25, 0.3) is 0 Å². The summed E-state index contributed by atoms with van der Waals surface area (Å²) in [4.78, 5) is 22.8. The summed E-state index contributed by atoms with van der Waals surface area (Å²) in [5.41, 5.74) is 1.60. The minimum atomic E-state index is -0.0791. The molecule has 0 saturated carbocycles.